The molecule has 3 aromatic rings. The summed E-state index contributed by atoms with van der Waals surface area (Å²) in [4.78, 5) is 0. The fourth-order valence-corrected chi connectivity index (χ4v) is 1.87. The quantitative estimate of drug-likeness (QED) is 0.742. The van der Waals surface area contributed by atoms with E-state index in [0.717, 1.165) is 11.4 Å². The summed E-state index contributed by atoms with van der Waals surface area (Å²) in [5, 5.41) is 14.6. The van der Waals surface area contributed by atoms with E-state index in [0.29, 0.717) is 17.1 Å². The summed E-state index contributed by atoms with van der Waals surface area (Å²) in [7, 11) is 0. The van der Waals surface area contributed by atoms with Crippen LogP contribution in [0.25, 0.3) is 0 Å². The number of hydrogen-bond donors (Lipinski definition) is 2. The molecule has 0 aliphatic heterocycles. The Labute approximate surface area is 127 Å². The van der Waals surface area contributed by atoms with Gasteiger partial charge < -0.3 is 15.1 Å². The molecule has 0 radical (unpaired) electrons. The highest BCUT2D eigenvalue weighted by molar-refractivity contribution is 6.30. The van der Waals surface area contributed by atoms with Gasteiger partial charge in [-0.25, -0.2) is 0 Å². The van der Waals surface area contributed by atoms with Crippen LogP contribution in [0.15, 0.2) is 52.9 Å². The molecular formula is C15H13ClN4O. The summed E-state index contributed by atoms with van der Waals surface area (Å²) in [5.41, 5.74) is 2.91. The third-order valence-electron chi connectivity index (χ3n) is 2.82. The smallest absolute Gasteiger partial charge is 0.321 e. The van der Waals surface area contributed by atoms with E-state index >= 15 is 0 Å². The van der Waals surface area contributed by atoms with Crippen LogP contribution in [0.3, 0.4) is 0 Å². The largest absolute Gasteiger partial charge is 0.389 e. The van der Waals surface area contributed by atoms with Crippen LogP contribution in [-0.4, -0.2) is 10.2 Å². The number of halogens is 1. The Hall–Kier alpha value is -2.53. The highest BCUT2D eigenvalue weighted by Gasteiger charge is 2.06. The Morgan fingerprint density at radius 2 is 1.29 bits per heavy atom. The van der Waals surface area contributed by atoms with Crippen molar-refractivity contribution in [2.45, 2.75) is 6.92 Å². The molecule has 21 heavy (non-hydrogen) atoms. The van der Waals surface area contributed by atoms with Gasteiger partial charge in [-0.3, -0.25) is 0 Å². The van der Waals surface area contributed by atoms with E-state index in [-0.39, 0.29) is 0 Å². The van der Waals surface area contributed by atoms with Crippen LogP contribution < -0.4 is 10.6 Å². The maximum atomic E-state index is 5.83. The third-order valence-corrected chi connectivity index (χ3v) is 3.08. The summed E-state index contributed by atoms with van der Waals surface area (Å²) in [5.74, 6) is 0. The van der Waals surface area contributed by atoms with Crippen LogP contribution in [-0.2, 0) is 0 Å². The van der Waals surface area contributed by atoms with Gasteiger partial charge in [-0.2, -0.15) is 0 Å². The average Bonchev–Trinajstić information content (AvgIpc) is 2.91. The first-order chi connectivity index (χ1) is 10.2. The molecule has 0 amide bonds. The lowest BCUT2D eigenvalue weighted by Crippen LogP contribution is -1.90. The maximum absolute atomic E-state index is 5.83. The molecule has 3 rings (SSSR count). The van der Waals surface area contributed by atoms with Crippen molar-refractivity contribution in [3.05, 3.63) is 59.1 Å². The van der Waals surface area contributed by atoms with Crippen molar-refractivity contribution >= 4 is 35.0 Å². The average molecular weight is 301 g/mol. The van der Waals surface area contributed by atoms with E-state index < -0.39 is 0 Å². The Balaban J connectivity index is 1.68. The van der Waals surface area contributed by atoms with Crippen molar-refractivity contribution in [2.75, 3.05) is 10.6 Å². The van der Waals surface area contributed by atoms with E-state index in [4.69, 9.17) is 16.0 Å². The molecule has 1 heterocycles. The summed E-state index contributed by atoms with van der Waals surface area (Å²) in [6.07, 6.45) is 0. The van der Waals surface area contributed by atoms with Gasteiger partial charge >= 0.3 is 12.0 Å². The zero-order valence-corrected chi connectivity index (χ0v) is 12.1. The normalized spacial score (nSPS) is 10.4. The van der Waals surface area contributed by atoms with Gasteiger partial charge in [0.2, 0.25) is 0 Å². The summed E-state index contributed by atoms with van der Waals surface area (Å²) in [6, 6.07) is 15.8. The van der Waals surface area contributed by atoms with Gasteiger partial charge in [-0.15, -0.1) is 0 Å². The minimum atomic E-state index is 0.312. The Morgan fingerprint density at radius 3 is 1.81 bits per heavy atom. The molecular weight excluding hydrogens is 288 g/mol. The SMILES string of the molecule is Cc1ccc(Nc2nnc(Nc3ccc(Cl)cc3)o2)cc1. The minimum absolute atomic E-state index is 0.312. The highest BCUT2D eigenvalue weighted by atomic mass is 35.5. The lowest BCUT2D eigenvalue weighted by atomic mass is 10.2. The van der Waals surface area contributed by atoms with Crippen LogP contribution in [0.1, 0.15) is 5.56 Å². The van der Waals surface area contributed by atoms with Gasteiger partial charge in [0.1, 0.15) is 0 Å². The van der Waals surface area contributed by atoms with E-state index in [1.807, 2.05) is 43.3 Å². The minimum Gasteiger partial charge on any atom is -0.389 e. The van der Waals surface area contributed by atoms with Crippen LogP contribution in [0.4, 0.5) is 23.4 Å². The fraction of sp³-hybridized carbons (Fsp3) is 0.0667. The number of benzene rings is 2. The number of anilines is 4. The van der Waals surface area contributed by atoms with E-state index in [2.05, 4.69) is 20.8 Å². The number of nitrogens with one attached hydrogen (secondary N) is 2. The first-order valence-electron chi connectivity index (χ1n) is 6.39. The van der Waals surface area contributed by atoms with Crippen LogP contribution in [0, 0.1) is 6.92 Å². The van der Waals surface area contributed by atoms with Gasteiger partial charge in [0.05, 0.1) is 0 Å². The molecule has 0 aliphatic rings. The molecule has 106 valence electrons. The second-order valence-electron chi connectivity index (χ2n) is 4.54. The number of aryl methyl sites for hydroxylation is 1. The van der Waals surface area contributed by atoms with Gasteiger partial charge in [0, 0.05) is 16.4 Å². The van der Waals surface area contributed by atoms with Gasteiger partial charge in [-0.1, -0.05) is 39.5 Å². The zero-order chi connectivity index (χ0) is 14.7. The molecule has 2 N–H and O–H groups in total. The van der Waals surface area contributed by atoms with E-state index in [1.165, 1.54) is 5.56 Å². The van der Waals surface area contributed by atoms with Crippen LogP contribution >= 0.6 is 11.6 Å². The lowest BCUT2D eigenvalue weighted by molar-refractivity contribution is 0.591. The number of hydrogen-bond acceptors (Lipinski definition) is 5. The highest BCUT2D eigenvalue weighted by Crippen LogP contribution is 2.21. The zero-order valence-electron chi connectivity index (χ0n) is 11.3. The van der Waals surface area contributed by atoms with Crippen molar-refractivity contribution in [1.29, 1.82) is 0 Å². The van der Waals surface area contributed by atoms with Crippen LogP contribution in [0.5, 0.6) is 0 Å². The Bertz CT molecular complexity index is 660. The summed E-state index contributed by atoms with van der Waals surface area (Å²) >= 11 is 5.83. The molecule has 6 heteroatoms. The van der Waals surface area contributed by atoms with Crippen molar-refractivity contribution in [1.82, 2.24) is 10.2 Å². The van der Waals surface area contributed by atoms with Crippen LogP contribution in [0.2, 0.25) is 5.02 Å². The first-order valence-corrected chi connectivity index (χ1v) is 6.77. The maximum Gasteiger partial charge on any atom is 0.321 e. The molecule has 1 aromatic heterocycles. The predicted octanol–water partition coefficient (Wildman–Crippen LogP) is 4.52. The van der Waals surface area contributed by atoms with Crippen molar-refractivity contribution < 1.29 is 4.42 Å². The first kappa shape index (κ1) is 13.5. The third kappa shape index (κ3) is 3.52. The molecule has 0 spiro atoms. The second-order valence-corrected chi connectivity index (χ2v) is 4.97. The number of nitrogens with zero attached hydrogens (tertiary/aromatic N) is 2. The summed E-state index contributed by atoms with van der Waals surface area (Å²) < 4.78 is 5.47. The van der Waals surface area contributed by atoms with Crippen molar-refractivity contribution in [3.8, 4) is 0 Å². The van der Waals surface area contributed by atoms with E-state index in [1.54, 1.807) is 12.1 Å². The Kier molecular flexibility index (Phi) is 3.75. The molecule has 0 bridgehead atoms. The van der Waals surface area contributed by atoms with Gasteiger partial charge in [0.15, 0.2) is 0 Å². The molecule has 0 fully saturated rings. The molecule has 0 saturated heterocycles. The standard InChI is InChI=1S/C15H13ClN4O/c1-10-2-6-12(7-3-10)17-14-19-20-15(21-14)18-13-8-4-11(16)5-9-13/h2-9H,1H3,(H,17,19)(H,18,20). The lowest BCUT2D eigenvalue weighted by Gasteiger charge is -2.02. The number of aromatic nitrogens is 2. The van der Waals surface area contributed by atoms with E-state index in [9.17, 15) is 0 Å². The molecule has 5 nitrogen and oxygen atoms in total. The van der Waals surface area contributed by atoms with Gasteiger partial charge in [0.25, 0.3) is 0 Å². The van der Waals surface area contributed by atoms with Crippen molar-refractivity contribution in [2.24, 2.45) is 0 Å². The second kappa shape index (κ2) is 5.85. The van der Waals surface area contributed by atoms with Gasteiger partial charge in [-0.05, 0) is 43.3 Å². The number of rotatable bonds is 4. The summed E-state index contributed by atoms with van der Waals surface area (Å²) in [6.45, 7) is 2.03. The monoisotopic (exact) mass is 300 g/mol. The van der Waals surface area contributed by atoms with Crippen molar-refractivity contribution in [3.63, 3.8) is 0 Å². The Morgan fingerprint density at radius 1 is 0.810 bits per heavy atom. The molecule has 2 aromatic carbocycles. The topological polar surface area (TPSA) is 63.0 Å². The predicted molar refractivity (Wildman–Crippen MR) is 83.5 cm³/mol. The molecule has 0 aliphatic carbocycles. The molecule has 0 saturated carbocycles. The molecule has 0 unspecified atom stereocenters. The fourth-order valence-electron chi connectivity index (χ4n) is 1.74. The molecule has 0 atom stereocenters.